The summed E-state index contributed by atoms with van der Waals surface area (Å²) in [5.41, 5.74) is 0.817. The van der Waals surface area contributed by atoms with Gasteiger partial charge in [-0.05, 0) is 55.2 Å². The third-order valence-electron chi connectivity index (χ3n) is 3.53. The molecule has 0 heterocycles. The van der Waals surface area contributed by atoms with Crippen LogP contribution in [0.2, 0.25) is 0 Å². The second-order valence-corrected chi connectivity index (χ2v) is 5.38. The van der Waals surface area contributed by atoms with Crippen molar-refractivity contribution in [3.63, 3.8) is 0 Å². The van der Waals surface area contributed by atoms with E-state index in [1.807, 2.05) is 0 Å². The van der Waals surface area contributed by atoms with Gasteiger partial charge in [0.2, 0.25) is 0 Å². The van der Waals surface area contributed by atoms with Crippen LogP contribution < -0.4 is 10.6 Å². The Morgan fingerprint density at radius 2 is 1.89 bits per heavy atom. The third-order valence-corrected chi connectivity index (χ3v) is 3.75. The number of nitrogens with one attached hydrogen (secondary N) is 2. The van der Waals surface area contributed by atoms with Crippen molar-refractivity contribution in [2.45, 2.75) is 38.6 Å². The first kappa shape index (κ1) is 13.3. The lowest BCUT2D eigenvalue weighted by Gasteiger charge is -2.30. The van der Waals surface area contributed by atoms with Gasteiger partial charge in [0.15, 0.2) is 5.11 Å². The van der Waals surface area contributed by atoms with E-state index in [-0.39, 0.29) is 5.82 Å². The summed E-state index contributed by atoms with van der Waals surface area (Å²) < 4.78 is 12.8. The van der Waals surface area contributed by atoms with Gasteiger partial charge in [0, 0.05) is 11.7 Å². The van der Waals surface area contributed by atoms with E-state index in [1.54, 1.807) is 12.1 Å². The molecular formula is C14H19FN2S. The lowest BCUT2D eigenvalue weighted by molar-refractivity contribution is 0.309. The molecule has 1 aromatic carbocycles. The first-order valence-corrected chi connectivity index (χ1v) is 6.89. The Labute approximate surface area is 113 Å². The molecule has 2 atom stereocenters. The fourth-order valence-corrected chi connectivity index (χ4v) is 2.67. The number of benzene rings is 1. The summed E-state index contributed by atoms with van der Waals surface area (Å²) in [6, 6.07) is 6.68. The van der Waals surface area contributed by atoms with Crippen LogP contribution in [0.3, 0.4) is 0 Å². The molecule has 1 aromatic rings. The standard InChI is InChI=1S/C14H19FN2S/c1-10-4-2-3-5-13(10)17-14(18)16-12-8-6-11(15)7-9-12/h6-10,13H,2-5H2,1H3,(H2,16,17,18). The predicted octanol–water partition coefficient (Wildman–Crippen LogP) is 3.69. The lowest BCUT2D eigenvalue weighted by Crippen LogP contribution is -2.43. The van der Waals surface area contributed by atoms with Gasteiger partial charge >= 0.3 is 0 Å². The number of rotatable bonds is 2. The molecule has 0 spiro atoms. The zero-order valence-electron chi connectivity index (χ0n) is 10.6. The Morgan fingerprint density at radius 3 is 2.56 bits per heavy atom. The van der Waals surface area contributed by atoms with Crippen LogP contribution in [-0.2, 0) is 0 Å². The van der Waals surface area contributed by atoms with Gasteiger partial charge in [0.05, 0.1) is 0 Å². The maximum absolute atomic E-state index is 12.8. The molecule has 0 aliphatic heterocycles. The predicted molar refractivity (Wildman–Crippen MR) is 77.2 cm³/mol. The molecule has 1 fully saturated rings. The fourth-order valence-electron chi connectivity index (χ4n) is 2.40. The average molecular weight is 266 g/mol. The van der Waals surface area contributed by atoms with Gasteiger partial charge in [0.1, 0.15) is 5.82 Å². The molecule has 1 saturated carbocycles. The quantitative estimate of drug-likeness (QED) is 0.798. The minimum Gasteiger partial charge on any atom is -0.359 e. The zero-order chi connectivity index (χ0) is 13.0. The third kappa shape index (κ3) is 3.67. The summed E-state index contributed by atoms with van der Waals surface area (Å²) in [7, 11) is 0. The van der Waals surface area contributed by atoms with Crippen LogP contribution in [-0.4, -0.2) is 11.2 Å². The van der Waals surface area contributed by atoms with Crippen LogP contribution in [0.4, 0.5) is 10.1 Å². The molecule has 0 amide bonds. The second-order valence-electron chi connectivity index (χ2n) is 4.97. The van der Waals surface area contributed by atoms with E-state index in [0.29, 0.717) is 17.1 Å². The molecule has 2 unspecified atom stereocenters. The van der Waals surface area contributed by atoms with Crippen LogP contribution in [0.5, 0.6) is 0 Å². The molecule has 1 aliphatic rings. The van der Waals surface area contributed by atoms with E-state index in [9.17, 15) is 4.39 Å². The molecule has 4 heteroatoms. The summed E-state index contributed by atoms with van der Waals surface area (Å²) in [5.74, 6) is 0.423. The van der Waals surface area contributed by atoms with Crippen molar-refractivity contribution in [1.29, 1.82) is 0 Å². The van der Waals surface area contributed by atoms with Crippen molar-refractivity contribution < 1.29 is 4.39 Å². The van der Waals surface area contributed by atoms with Crippen LogP contribution in [0, 0.1) is 11.7 Å². The van der Waals surface area contributed by atoms with Crippen LogP contribution in [0.1, 0.15) is 32.6 Å². The summed E-state index contributed by atoms with van der Waals surface area (Å²) in [5, 5.41) is 7.07. The minimum absolute atomic E-state index is 0.236. The van der Waals surface area contributed by atoms with Gasteiger partial charge in [0.25, 0.3) is 0 Å². The van der Waals surface area contributed by atoms with Gasteiger partial charge < -0.3 is 10.6 Å². The van der Waals surface area contributed by atoms with Gasteiger partial charge in [-0.1, -0.05) is 19.8 Å². The second kappa shape index (κ2) is 6.14. The molecule has 0 bridgehead atoms. The van der Waals surface area contributed by atoms with Gasteiger partial charge in [-0.2, -0.15) is 0 Å². The van der Waals surface area contributed by atoms with E-state index in [2.05, 4.69) is 17.6 Å². The van der Waals surface area contributed by atoms with E-state index in [4.69, 9.17) is 12.2 Å². The number of halogens is 1. The molecule has 2 nitrogen and oxygen atoms in total. The molecular weight excluding hydrogens is 247 g/mol. The van der Waals surface area contributed by atoms with Crippen molar-refractivity contribution in [3.05, 3.63) is 30.1 Å². The molecule has 98 valence electrons. The number of anilines is 1. The Kier molecular flexibility index (Phi) is 4.53. The van der Waals surface area contributed by atoms with Crippen LogP contribution in [0.25, 0.3) is 0 Å². The Hall–Kier alpha value is -1.16. The van der Waals surface area contributed by atoms with E-state index < -0.39 is 0 Å². The normalized spacial score (nSPS) is 23.4. The number of hydrogen-bond donors (Lipinski definition) is 2. The monoisotopic (exact) mass is 266 g/mol. The molecule has 2 N–H and O–H groups in total. The summed E-state index contributed by atoms with van der Waals surface area (Å²) in [6.07, 6.45) is 5.02. The number of thiocarbonyl (C=S) groups is 1. The van der Waals surface area contributed by atoms with Gasteiger partial charge in [-0.3, -0.25) is 0 Å². The first-order valence-electron chi connectivity index (χ1n) is 6.48. The van der Waals surface area contributed by atoms with Crippen LogP contribution in [0.15, 0.2) is 24.3 Å². The average Bonchev–Trinajstić information content (AvgIpc) is 2.35. The SMILES string of the molecule is CC1CCCCC1NC(=S)Nc1ccc(F)cc1. The van der Waals surface area contributed by atoms with Gasteiger partial charge in [-0.25, -0.2) is 4.39 Å². The van der Waals surface area contributed by atoms with E-state index in [1.165, 1.54) is 37.8 Å². The molecule has 1 aliphatic carbocycles. The Morgan fingerprint density at radius 1 is 1.22 bits per heavy atom. The zero-order valence-corrected chi connectivity index (χ0v) is 11.4. The van der Waals surface area contributed by atoms with E-state index in [0.717, 1.165) is 5.69 Å². The molecule has 0 aromatic heterocycles. The van der Waals surface area contributed by atoms with E-state index >= 15 is 0 Å². The maximum Gasteiger partial charge on any atom is 0.171 e. The Bertz CT molecular complexity index is 405. The number of hydrogen-bond acceptors (Lipinski definition) is 1. The highest BCUT2D eigenvalue weighted by Gasteiger charge is 2.21. The molecule has 2 rings (SSSR count). The summed E-state index contributed by atoms with van der Waals surface area (Å²) >= 11 is 5.29. The van der Waals surface area contributed by atoms with Crippen molar-refractivity contribution in [2.24, 2.45) is 5.92 Å². The Balaban J connectivity index is 1.86. The highest BCUT2D eigenvalue weighted by atomic mass is 32.1. The molecule has 18 heavy (non-hydrogen) atoms. The topological polar surface area (TPSA) is 24.1 Å². The molecule has 0 radical (unpaired) electrons. The van der Waals surface area contributed by atoms with Crippen molar-refractivity contribution >= 4 is 23.0 Å². The van der Waals surface area contributed by atoms with Crippen molar-refractivity contribution in [2.75, 3.05) is 5.32 Å². The highest BCUT2D eigenvalue weighted by Crippen LogP contribution is 2.23. The maximum atomic E-state index is 12.8. The smallest absolute Gasteiger partial charge is 0.171 e. The lowest BCUT2D eigenvalue weighted by atomic mass is 9.86. The van der Waals surface area contributed by atoms with Crippen molar-refractivity contribution in [1.82, 2.24) is 5.32 Å². The van der Waals surface area contributed by atoms with Crippen molar-refractivity contribution in [3.8, 4) is 0 Å². The summed E-state index contributed by atoms with van der Waals surface area (Å²) in [4.78, 5) is 0. The highest BCUT2D eigenvalue weighted by molar-refractivity contribution is 7.80. The first-order chi connectivity index (χ1) is 8.65. The van der Waals surface area contributed by atoms with Crippen LogP contribution >= 0.6 is 12.2 Å². The fraction of sp³-hybridized carbons (Fsp3) is 0.500. The van der Waals surface area contributed by atoms with Gasteiger partial charge in [-0.15, -0.1) is 0 Å². The minimum atomic E-state index is -0.236. The molecule has 0 saturated heterocycles. The largest absolute Gasteiger partial charge is 0.359 e. The summed E-state index contributed by atoms with van der Waals surface area (Å²) in [6.45, 7) is 2.26.